The molecule has 7 nitrogen and oxygen atoms in total. The van der Waals surface area contributed by atoms with Crippen molar-refractivity contribution in [1.82, 2.24) is 9.62 Å². The van der Waals surface area contributed by atoms with Gasteiger partial charge in [0.2, 0.25) is 5.91 Å². The van der Waals surface area contributed by atoms with Crippen LogP contribution in [-0.4, -0.2) is 51.2 Å². The van der Waals surface area contributed by atoms with E-state index in [1.54, 1.807) is 18.2 Å². The Hall–Kier alpha value is -2.97. The highest BCUT2D eigenvalue weighted by Crippen LogP contribution is 2.16. The van der Waals surface area contributed by atoms with Crippen molar-refractivity contribution in [2.75, 3.05) is 31.5 Å². The smallest absolute Gasteiger partial charge is 0.262 e. The summed E-state index contributed by atoms with van der Waals surface area (Å²) in [5, 5.41) is 2.80. The molecular weight excluding hydrogens is 412 g/mol. The van der Waals surface area contributed by atoms with Crippen molar-refractivity contribution in [2.24, 2.45) is 4.99 Å². The molecule has 0 saturated carbocycles. The van der Waals surface area contributed by atoms with Crippen molar-refractivity contribution >= 4 is 27.5 Å². The van der Waals surface area contributed by atoms with Gasteiger partial charge in [-0.05, 0) is 36.6 Å². The predicted octanol–water partition coefficient (Wildman–Crippen LogP) is 2.83. The zero-order valence-electron chi connectivity index (χ0n) is 17.5. The maximum absolute atomic E-state index is 12.6. The molecule has 0 fully saturated rings. The van der Waals surface area contributed by atoms with Gasteiger partial charge in [0.1, 0.15) is 5.84 Å². The quantitative estimate of drug-likeness (QED) is 0.556. The second kappa shape index (κ2) is 10.9. The Bertz CT molecular complexity index is 1040. The number of sulfonamides is 1. The molecular formula is C23H28N4O3S. The Balaban J connectivity index is 1.59. The van der Waals surface area contributed by atoms with Gasteiger partial charge >= 0.3 is 0 Å². The number of hydrogen-bond acceptors (Lipinski definition) is 5. The minimum atomic E-state index is -3.73. The van der Waals surface area contributed by atoms with Crippen molar-refractivity contribution in [3.8, 4) is 0 Å². The summed E-state index contributed by atoms with van der Waals surface area (Å²) >= 11 is 0. The molecule has 0 radical (unpaired) electrons. The summed E-state index contributed by atoms with van der Waals surface area (Å²) in [6.07, 6.45) is 4.06. The fraction of sp³-hybridized carbons (Fsp3) is 0.304. The van der Waals surface area contributed by atoms with Crippen LogP contribution in [0.3, 0.4) is 0 Å². The van der Waals surface area contributed by atoms with Gasteiger partial charge in [-0.3, -0.25) is 19.4 Å². The van der Waals surface area contributed by atoms with E-state index in [9.17, 15) is 13.2 Å². The number of nitrogens with one attached hydrogen (secondary N) is 2. The Morgan fingerprint density at radius 3 is 2.68 bits per heavy atom. The lowest BCUT2D eigenvalue weighted by molar-refractivity contribution is -0.117. The van der Waals surface area contributed by atoms with Crippen molar-refractivity contribution in [2.45, 2.75) is 24.2 Å². The van der Waals surface area contributed by atoms with Crippen LogP contribution in [0.25, 0.3) is 0 Å². The molecule has 2 aromatic carbocycles. The molecule has 31 heavy (non-hydrogen) atoms. The number of hydrogen-bond donors (Lipinski definition) is 2. The second-order valence-electron chi connectivity index (χ2n) is 7.37. The van der Waals surface area contributed by atoms with Gasteiger partial charge in [-0.25, -0.2) is 8.42 Å². The van der Waals surface area contributed by atoms with E-state index in [0.717, 1.165) is 12.8 Å². The molecule has 1 aliphatic rings. The number of nitrogens with zero attached hydrogens (tertiary/aromatic N) is 2. The van der Waals surface area contributed by atoms with Crippen molar-refractivity contribution in [1.29, 1.82) is 0 Å². The maximum atomic E-state index is 12.6. The van der Waals surface area contributed by atoms with Gasteiger partial charge in [-0.2, -0.15) is 0 Å². The molecule has 0 atom stereocenters. The summed E-state index contributed by atoms with van der Waals surface area (Å²) in [5.74, 6) is 0.269. The highest BCUT2D eigenvalue weighted by Gasteiger charge is 2.19. The monoisotopic (exact) mass is 440 g/mol. The van der Waals surface area contributed by atoms with Crippen molar-refractivity contribution < 1.29 is 13.2 Å². The molecule has 164 valence electrons. The molecule has 0 aromatic heterocycles. The van der Waals surface area contributed by atoms with E-state index in [2.05, 4.69) is 33.7 Å². The number of rotatable bonds is 10. The number of carbonyl (C=O) groups is 1. The summed E-state index contributed by atoms with van der Waals surface area (Å²) in [7, 11) is -3.73. The number of benzene rings is 2. The largest absolute Gasteiger partial charge is 0.325 e. The van der Waals surface area contributed by atoms with Gasteiger partial charge in [0, 0.05) is 31.7 Å². The molecule has 0 unspecified atom stereocenters. The Labute approximate surface area is 183 Å². The Kier molecular flexibility index (Phi) is 7.97. The number of amidine groups is 1. The summed E-state index contributed by atoms with van der Waals surface area (Å²) in [5.41, 5.74) is 1.64. The molecule has 0 saturated heterocycles. The van der Waals surface area contributed by atoms with Crippen LogP contribution >= 0.6 is 0 Å². The molecule has 8 heteroatoms. The van der Waals surface area contributed by atoms with Crippen LogP contribution in [0.2, 0.25) is 0 Å². The van der Waals surface area contributed by atoms with Crippen LogP contribution in [-0.2, 0) is 21.2 Å². The molecule has 1 amide bonds. The molecule has 0 bridgehead atoms. The van der Waals surface area contributed by atoms with Gasteiger partial charge < -0.3 is 5.32 Å². The first kappa shape index (κ1) is 22.7. The first-order valence-electron chi connectivity index (χ1n) is 10.3. The van der Waals surface area contributed by atoms with Crippen LogP contribution in [0.1, 0.15) is 18.4 Å². The SMILES string of the molecule is C=CCN(CCc1ccccc1)CC(=O)Nc1cccc(S(=O)(=O)NC2=NCCC2)c1. The van der Waals surface area contributed by atoms with Crippen LogP contribution in [0.4, 0.5) is 5.69 Å². The van der Waals surface area contributed by atoms with Gasteiger partial charge in [0.05, 0.1) is 11.4 Å². The Morgan fingerprint density at radius 2 is 1.97 bits per heavy atom. The summed E-state index contributed by atoms with van der Waals surface area (Å²) in [6, 6.07) is 16.3. The van der Waals surface area contributed by atoms with E-state index in [-0.39, 0.29) is 17.3 Å². The summed E-state index contributed by atoms with van der Waals surface area (Å²) < 4.78 is 27.7. The molecule has 1 aliphatic heterocycles. The average molecular weight is 441 g/mol. The first-order valence-corrected chi connectivity index (χ1v) is 11.8. The normalized spacial score (nSPS) is 13.6. The minimum Gasteiger partial charge on any atom is -0.325 e. The highest BCUT2D eigenvalue weighted by atomic mass is 32.2. The summed E-state index contributed by atoms with van der Waals surface area (Å²) in [4.78, 5) is 18.8. The number of aliphatic imine (C=N–C) groups is 1. The van der Waals surface area contributed by atoms with Crippen molar-refractivity contribution in [3.05, 3.63) is 72.8 Å². The fourth-order valence-electron chi connectivity index (χ4n) is 3.33. The van der Waals surface area contributed by atoms with Crippen LogP contribution < -0.4 is 10.0 Å². The molecule has 1 heterocycles. The zero-order chi connectivity index (χ0) is 22.1. The molecule has 2 N–H and O–H groups in total. The van der Waals surface area contributed by atoms with Crippen LogP contribution in [0.15, 0.2) is 77.1 Å². The molecule has 3 rings (SSSR count). The van der Waals surface area contributed by atoms with Crippen molar-refractivity contribution in [3.63, 3.8) is 0 Å². The maximum Gasteiger partial charge on any atom is 0.262 e. The van der Waals surface area contributed by atoms with Crippen LogP contribution in [0, 0.1) is 0 Å². The van der Waals surface area contributed by atoms with E-state index in [1.807, 2.05) is 23.1 Å². The molecule has 0 spiro atoms. The van der Waals surface area contributed by atoms with Gasteiger partial charge in [0.25, 0.3) is 10.0 Å². The zero-order valence-corrected chi connectivity index (χ0v) is 18.3. The van der Waals surface area contributed by atoms with E-state index < -0.39 is 10.0 Å². The van der Waals surface area contributed by atoms with Crippen LogP contribution in [0.5, 0.6) is 0 Å². The van der Waals surface area contributed by atoms with Gasteiger partial charge in [0.15, 0.2) is 0 Å². The Morgan fingerprint density at radius 1 is 1.16 bits per heavy atom. The third kappa shape index (κ3) is 7.04. The standard InChI is InChI=1S/C23H28N4O3S/c1-2-15-27(16-13-19-8-4-3-5-9-19)18-23(28)25-20-10-6-11-21(17-20)31(29,30)26-22-12-7-14-24-22/h2-6,8-11,17H,1,7,12-16,18H2,(H,24,26)(H,25,28). The third-order valence-corrected chi connectivity index (χ3v) is 6.25. The lowest BCUT2D eigenvalue weighted by Crippen LogP contribution is -2.35. The van der Waals surface area contributed by atoms with E-state index in [4.69, 9.17) is 0 Å². The summed E-state index contributed by atoms with van der Waals surface area (Å²) in [6.45, 7) is 5.89. The third-order valence-electron chi connectivity index (χ3n) is 4.87. The topological polar surface area (TPSA) is 90.9 Å². The number of carbonyl (C=O) groups excluding carboxylic acids is 1. The van der Waals surface area contributed by atoms with E-state index >= 15 is 0 Å². The number of amides is 1. The number of anilines is 1. The minimum absolute atomic E-state index is 0.0897. The lowest BCUT2D eigenvalue weighted by Gasteiger charge is -2.20. The second-order valence-corrected chi connectivity index (χ2v) is 9.06. The van der Waals surface area contributed by atoms with Gasteiger partial charge in [-0.1, -0.05) is 42.5 Å². The molecule has 2 aromatic rings. The van der Waals surface area contributed by atoms with Gasteiger partial charge in [-0.15, -0.1) is 6.58 Å². The first-order chi connectivity index (χ1) is 15.0. The fourth-order valence-corrected chi connectivity index (χ4v) is 4.47. The molecule has 0 aliphatic carbocycles. The lowest BCUT2D eigenvalue weighted by atomic mass is 10.1. The highest BCUT2D eigenvalue weighted by molar-refractivity contribution is 7.90. The predicted molar refractivity (Wildman–Crippen MR) is 124 cm³/mol. The van der Waals surface area contributed by atoms with E-state index in [0.29, 0.717) is 37.6 Å². The van der Waals surface area contributed by atoms with E-state index in [1.165, 1.54) is 17.7 Å². The average Bonchev–Trinajstić information content (AvgIpc) is 3.25.